The van der Waals surface area contributed by atoms with Crippen LogP contribution in [0.25, 0.3) is 0 Å². The lowest BCUT2D eigenvalue weighted by Gasteiger charge is -2.04. The Hall–Kier alpha value is -1.75. The number of hydrogen-bond acceptors (Lipinski definition) is 4. The first-order chi connectivity index (χ1) is 7.40. The second-order valence-corrected chi connectivity index (χ2v) is 3.23. The van der Waals surface area contributed by atoms with Crippen molar-refractivity contribution in [2.75, 3.05) is 7.05 Å². The first kappa shape index (κ1) is 9.79. The van der Waals surface area contributed by atoms with Crippen LogP contribution < -0.4 is 5.32 Å². The van der Waals surface area contributed by atoms with E-state index in [0.717, 1.165) is 11.5 Å². The van der Waals surface area contributed by atoms with E-state index in [9.17, 15) is 0 Å². The molecule has 2 aromatic rings. The first-order valence-electron chi connectivity index (χ1n) is 4.81. The second kappa shape index (κ2) is 4.65. The van der Waals surface area contributed by atoms with Gasteiger partial charge in [0.2, 0.25) is 0 Å². The minimum Gasteiger partial charge on any atom is -0.313 e. The Morgan fingerprint density at radius 3 is 3.07 bits per heavy atom. The van der Waals surface area contributed by atoms with Crippen molar-refractivity contribution in [3.8, 4) is 0 Å². The van der Waals surface area contributed by atoms with Crippen molar-refractivity contribution in [3.63, 3.8) is 0 Å². The Bertz CT molecular complexity index is 409. The largest absolute Gasteiger partial charge is 0.313 e. The first-order valence-corrected chi connectivity index (χ1v) is 4.81. The van der Waals surface area contributed by atoms with Crippen molar-refractivity contribution in [1.29, 1.82) is 0 Å². The van der Waals surface area contributed by atoms with Gasteiger partial charge in [-0.1, -0.05) is 6.07 Å². The van der Waals surface area contributed by atoms with Gasteiger partial charge in [0.1, 0.15) is 12.2 Å². The van der Waals surface area contributed by atoms with Crippen molar-refractivity contribution in [2.45, 2.75) is 13.1 Å². The van der Waals surface area contributed by atoms with E-state index >= 15 is 0 Å². The van der Waals surface area contributed by atoms with Crippen LogP contribution in [-0.2, 0) is 13.1 Å². The topological polar surface area (TPSA) is 55.6 Å². The maximum absolute atomic E-state index is 4.26. The highest BCUT2D eigenvalue weighted by Crippen LogP contribution is 2.00. The zero-order valence-electron chi connectivity index (χ0n) is 8.59. The van der Waals surface area contributed by atoms with Gasteiger partial charge in [0.25, 0.3) is 0 Å². The lowest BCUT2D eigenvalue weighted by atomic mass is 10.3. The van der Waals surface area contributed by atoms with E-state index in [0.29, 0.717) is 13.1 Å². The average molecular weight is 203 g/mol. The van der Waals surface area contributed by atoms with Crippen molar-refractivity contribution in [3.05, 3.63) is 42.2 Å². The molecule has 0 fully saturated rings. The number of nitrogens with one attached hydrogen (secondary N) is 1. The van der Waals surface area contributed by atoms with E-state index in [1.807, 2.05) is 29.8 Å². The maximum atomic E-state index is 4.26. The maximum Gasteiger partial charge on any atom is 0.147 e. The predicted octanol–water partition coefficient (Wildman–Crippen LogP) is 0.441. The van der Waals surface area contributed by atoms with E-state index in [1.54, 1.807) is 12.5 Å². The fraction of sp³-hybridized carbons (Fsp3) is 0.300. The van der Waals surface area contributed by atoms with Crippen molar-refractivity contribution in [1.82, 2.24) is 25.1 Å². The highest BCUT2D eigenvalue weighted by Gasteiger charge is 2.03. The summed E-state index contributed by atoms with van der Waals surface area (Å²) in [6.45, 7) is 1.43. The molecule has 0 amide bonds. The molecule has 0 saturated carbocycles. The van der Waals surface area contributed by atoms with E-state index in [2.05, 4.69) is 20.5 Å². The Morgan fingerprint density at radius 2 is 2.33 bits per heavy atom. The van der Waals surface area contributed by atoms with E-state index in [4.69, 9.17) is 0 Å². The average Bonchev–Trinajstić information content (AvgIpc) is 2.68. The molecule has 0 radical (unpaired) electrons. The summed E-state index contributed by atoms with van der Waals surface area (Å²) in [6.07, 6.45) is 3.51. The van der Waals surface area contributed by atoms with Gasteiger partial charge in [-0.05, 0) is 19.2 Å². The molecular formula is C10H13N5. The molecule has 0 saturated heterocycles. The van der Waals surface area contributed by atoms with E-state index in [-0.39, 0.29) is 0 Å². The zero-order chi connectivity index (χ0) is 10.5. The third-order valence-corrected chi connectivity index (χ3v) is 2.09. The Labute approximate surface area is 88.2 Å². The monoisotopic (exact) mass is 203 g/mol. The van der Waals surface area contributed by atoms with Crippen molar-refractivity contribution in [2.24, 2.45) is 0 Å². The number of pyridine rings is 1. The number of nitrogens with zero attached hydrogens (tertiary/aromatic N) is 4. The molecule has 0 unspecified atom stereocenters. The molecule has 2 rings (SSSR count). The number of hydrogen-bond donors (Lipinski definition) is 1. The summed E-state index contributed by atoms with van der Waals surface area (Å²) < 4.78 is 1.98. The van der Waals surface area contributed by atoms with Gasteiger partial charge in [-0.25, -0.2) is 0 Å². The summed E-state index contributed by atoms with van der Waals surface area (Å²) in [5.41, 5.74) is 1.01. The molecule has 0 aliphatic carbocycles. The quantitative estimate of drug-likeness (QED) is 0.783. The summed E-state index contributed by atoms with van der Waals surface area (Å²) in [5.74, 6) is 0.920. The minimum absolute atomic E-state index is 0.713. The predicted molar refractivity (Wildman–Crippen MR) is 56.1 cm³/mol. The highest BCUT2D eigenvalue weighted by atomic mass is 15.3. The summed E-state index contributed by atoms with van der Waals surface area (Å²) in [6, 6.07) is 5.87. The molecule has 0 aliphatic rings. The number of rotatable bonds is 4. The minimum atomic E-state index is 0.713. The summed E-state index contributed by atoms with van der Waals surface area (Å²) in [5, 5.41) is 11.0. The molecule has 78 valence electrons. The molecule has 5 nitrogen and oxygen atoms in total. The van der Waals surface area contributed by atoms with Gasteiger partial charge in [-0.15, -0.1) is 10.2 Å². The zero-order valence-corrected chi connectivity index (χ0v) is 8.59. The molecule has 5 heteroatoms. The standard InChI is InChI=1S/C10H13N5/c1-11-6-10-14-13-8-15(10)7-9-4-2-3-5-12-9/h2-5,8,11H,6-7H2,1H3. The van der Waals surface area contributed by atoms with Crippen LogP contribution >= 0.6 is 0 Å². The Morgan fingerprint density at radius 1 is 1.40 bits per heavy atom. The van der Waals surface area contributed by atoms with Crippen LogP contribution in [0.1, 0.15) is 11.5 Å². The summed E-state index contributed by atoms with van der Waals surface area (Å²) >= 11 is 0. The smallest absolute Gasteiger partial charge is 0.147 e. The third-order valence-electron chi connectivity index (χ3n) is 2.09. The lowest BCUT2D eigenvalue weighted by molar-refractivity contribution is 0.665. The fourth-order valence-electron chi connectivity index (χ4n) is 1.37. The van der Waals surface area contributed by atoms with Gasteiger partial charge in [-0.3, -0.25) is 4.98 Å². The van der Waals surface area contributed by atoms with Crippen LogP contribution in [0.15, 0.2) is 30.7 Å². The molecule has 2 aromatic heterocycles. The molecule has 0 bridgehead atoms. The van der Waals surface area contributed by atoms with Gasteiger partial charge in [0.05, 0.1) is 18.8 Å². The van der Waals surface area contributed by atoms with Crippen LogP contribution in [0, 0.1) is 0 Å². The summed E-state index contributed by atoms with van der Waals surface area (Å²) in [4.78, 5) is 4.26. The van der Waals surface area contributed by atoms with Crippen LogP contribution in [-0.4, -0.2) is 26.8 Å². The molecule has 15 heavy (non-hydrogen) atoms. The van der Waals surface area contributed by atoms with Gasteiger partial charge >= 0.3 is 0 Å². The van der Waals surface area contributed by atoms with E-state index < -0.39 is 0 Å². The molecule has 0 spiro atoms. The van der Waals surface area contributed by atoms with Crippen LogP contribution in [0.3, 0.4) is 0 Å². The Kier molecular flexibility index (Phi) is 3.04. The van der Waals surface area contributed by atoms with Gasteiger partial charge < -0.3 is 9.88 Å². The van der Waals surface area contributed by atoms with Crippen molar-refractivity contribution >= 4 is 0 Å². The molecular weight excluding hydrogens is 190 g/mol. The molecule has 0 aromatic carbocycles. The fourth-order valence-corrected chi connectivity index (χ4v) is 1.37. The number of aromatic nitrogens is 4. The highest BCUT2D eigenvalue weighted by molar-refractivity contribution is 5.05. The van der Waals surface area contributed by atoms with Gasteiger partial charge in [0.15, 0.2) is 0 Å². The van der Waals surface area contributed by atoms with Gasteiger partial charge in [-0.2, -0.15) is 0 Å². The van der Waals surface area contributed by atoms with Crippen LogP contribution in [0.2, 0.25) is 0 Å². The Balaban J connectivity index is 2.14. The summed E-state index contributed by atoms with van der Waals surface area (Å²) in [7, 11) is 1.89. The molecule has 0 atom stereocenters. The van der Waals surface area contributed by atoms with Crippen LogP contribution in [0.4, 0.5) is 0 Å². The van der Waals surface area contributed by atoms with E-state index in [1.165, 1.54) is 0 Å². The molecule has 0 aliphatic heterocycles. The normalized spacial score (nSPS) is 10.5. The molecule has 1 N–H and O–H groups in total. The van der Waals surface area contributed by atoms with Crippen molar-refractivity contribution < 1.29 is 0 Å². The van der Waals surface area contributed by atoms with Crippen LogP contribution in [0.5, 0.6) is 0 Å². The SMILES string of the molecule is CNCc1nncn1Cc1ccccn1. The third kappa shape index (κ3) is 2.38. The van der Waals surface area contributed by atoms with Gasteiger partial charge in [0, 0.05) is 6.20 Å². The molecule has 2 heterocycles. The lowest BCUT2D eigenvalue weighted by Crippen LogP contribution is -2.13. The second-order valence-electron chi connectivity index (χ2n) is 3.23.